The Morgan fingerprint density at radius 3 is 0.846 bits per heavy atom. The molecule has 0 bridgehead atoms. The second-order valence-corrected chi connectivity index (χ2v) is 27.8. The number of allylic oxidation sites excluding steroid dienone is 4. The van der Waals surface area contributed by atoms with E-state index in [9.17, 15) is 5.53 Å². The Bertz CT molecular complexity index is 1940. The second-order valence-electron chi connectivity index (χ2n) is 27.8. The number of benzene rings is 2. The van der Waals surface area contributed by atoms with E-state index < -0.39 is 0 Å². The number of unbranched alkanes of at least 4 members (excludes halogenated alkanes) is 46. The summed E-state index contributed by atoms with van der Waals surface area (Å²) in [4.78, 5) is 0. The first-order valence-corrected chi connectivity index (χ1v) is 40.5. The summed E-state index contributed by atoms with van der Waals surface area (Å²) in [6.07, 6.45) is 85.9. The Morgan fingerprint density at radius 1 is 0.286 bits per heavy atom. The van der Waals surface area contributed by atoms with Crippen LogP contribution in [-0.4, -0.2) is 4.70 Å². The Labute approximate surface area is 581 Å². The fraction of sp³-hybridized carbons (Fsp3) is 0.750. The molecule has 526 valence electrons. The van der Waals surface area contributed by atoms with Crippen LogP contribution >= 0.6 is 0 Å². The summed E-state index contributed by atoms with van der Waals surface area (Å²) >= 11 is 0. The number of hydrogen-bond acceptors (Lipinski definition) is 0. The summed E-state index contributed by atoms with van der Waals surface area (Å²) in [6, 6.07) is 14.5. The zero-order valence-electron chi connectivity index (χ0n) is 62.4. The molecule has 0 saturated carbocycles. The number of rotatable bonds is 60. The number of hydrogen-bond donors (Lipinski definition) is 0. The molecule has 91 heavy (non-hydrogen) atoms. The summed E-state index contributed by atoms with van der Waals surface area (Å²) in [5.74, 6) is 0. The van der Waals surface area contributed by atoms with Crippen molar-refractivity contribution in [2.75, 3.05) is 0 Å². The van der Waals surface area contributed by atoms with Gasteiger partial charge in [0.05, 0.1) is 0 Å². The third-order valence-corrected chi connectivity index (χ3v) is 18.9. The molecule has 0 atom stereocenters. The van der Waals surface area contributed by atoms with Gasteiger partial charge in [-0.1, -0.05) is 368 Å². The molecule has 2 aromatic rings. The molecule has 1 aliphatic rings. The second kappa shape index (κ2) is 67.5. The van der Waals surface area contributed by atoms with Gasteiger partial charge < -0.3 is 19.4 Å². The van der Waals surface area contributed by atoms with Crippen LogP contribution < -0.4 is 0 Å². The average molecular weight is 1300 g/mol. The van der Waals surface area contributed by atoms with Gasteiger partial charge in [-0.3, -0.25) is 0 Å². The van der Waals surface area contributed by atoms with Gasteiger partial charge in [0.2, 0.25) is 11.4 Å². The van der Waals surface area contributed by atoms with Crippen molar-refractivity contribution in [3.8, 4) is 0 Å². The molecule has 3 heteroatoms. The molecule has 0 aromatic heterocycles. The van der Waals surface area contributed by atoms with E-state index in [1.807, 2.05) is 0 Å². The molecule has 0 amide bonds. The van der Waals surface area contributed by atoms with Gasteiger partial charge in [-0.2, -0.15) is 12.8 Å². The largest absolute Gasteiger partial charge is 2.00 e. The zero-order chi connectivity index (χ0) is 65.4. The summed E-state index contributed by atoms with van der Waals surface area (Å²) in [5.41, 5.74) is 25.5. The summed E-state index contributed by atoms with van der Waals surface area (Å²) in [5, 5.41) is 0. The molecule has 1 heterocycles. The Kier molecular flexibility index (Phi) is 65.6. The fourth-order valence-corrected chi connectivity index (χ4v) is 13.1. The van der Waals surface area contributed by atoms with Crippen LogP contribution in [0.2, 0.25) is 0 Å². The average Bonchev–Trinajstić information content (AvgIpc) is 1.62. The maximum Gasteiger partial charge on any atom is 2.00 e. The molecule has 3 rings (SSSR count). The van der Waals surface area contributed by atoms with Gasteiger partial charge in [0.25, 0.3) is 0 Å². The van der Waals surface area contributed by atoms with Crippen LogP contribution in [0.1, 0.15) is 448 Å². The smallest absolute Gasteiger partial charge is 0.493 e. The van der Waals surface area contributed by atoms with Crippen molar-refractivity contribution < 1.29 is 21.2 Å². The van der Waals surface area contributed by atoms with E-state index in [-0.39, 0.29) is 16.5 Å². The van der Waals surface area contributed by atoms with Crippen LogP contribution in [0.25, 0.3) is 29.1 Å². The molecule has 0 spiro atoms. The van der Waals surface area contributed by atoms with Gasteiger partial charge in [-0.05, 0) is 130 Å². The molecule has 0 fully saturated rings. The quantitative estimate of drug-likeness (QED) is 0.0273. The van der Waals surface area contributed by atoms with Crippen molar-refractivity contribution in [1.82, 2.24) is 0 Å². The zero-order valence-corrected chi connectivity index (χ0v) is 63.4. The first kappa shape index (κ1) is 88.5. The Hall–Kier alpha value is -2.51. The molecule has 0 radical (unpaired) electrons. The molecular formula is C88H154N2Ni. The molecule has 0 N–H and O–H groups in total. The number of aryl methyl sites for hydroxylation is 2. The predicted octanol–water partition coefficient (Wildman–Crippen LogP) is 31.6. The van der Waals surface area contributed by atoms with E-state index in [0.717, 1.165) is 74.7 Å². The minimum Gasteiger partial charge on any atom is -0.493 e. The molecule has 0 saturated heterocycles. The van der Waals surface area contributed by atoms with Crippen LogP contribution in [-0.2, 0) is 29.3 Å². The van der Waals surface area contributed by atoms with E-state index in [1.165, 1.54) is 354 Å². The normalized spacial score (nSPS) is 12.4. The molecule has 0 aliphatic carbocycles. The van der Waals surface area contributed by atoms with Crippen molar-refractivity contribution in [3.05, 3.63) is 112 Å². The van der Waals surface area contributed by atoms with Gasteiger partial charge in [0, 0.05) is 22.3 Å². The third-order valence-electron chi connectivity index (χ3n) is 18.9. The molecule has 2 nitrogen and oxygen atoms in total. The van der Waals surface area contributed by atoms with Crippen molar-refractivity contribution >= 4 is 23.5 Å². The maximum atomic E-state index is 12.9. The van der Waals surface area contributed by atoms with E-state index in [4.69, 9.17) is 0 Å². The van der Waals surface area contributed by atoms with Crippen molar-refractivity contribution in [1.29, 1.82) is 0 Å². The number of nitrogens with zero attached hydrogens (tertiary/aromatic N) is 2. The molecular weight excluding hydrogens is 1140 g/mol. The van der Waals surface area contributed by atoms with E-state index in [0.29, 0.717) is 0 Å². The topological polar surface area (TPSA) is 25.3 Å². The minimum atomic E-state index is 0. The van der Waals surface area contributed by atoms with Crippen molar-refractivity contribution in [2.24, 2.45) is 0 Å². The Morgan fingerprint density at radius 2 is 0.538 bits per heavy atom. The summed E-state index contributed by atoms with van der Waals surface area (Å²) < 4.78 is 1.68. The van der Waals surface area contributed by atoms with Crippen LogP contribution in [0, 0.1) is 13.8 Å². The van der Waals surface area contributed by atoms with E-state index in [1.54, 1.807) is 4.70 Å². The van der Waals surface area contributed by atoms with Gasteiger partial charge in [0.15, 0.2) is 0 Å². The van der Waals surface area contributed by atoms with Crippen LogP contribution in [0.4, 0.5) is 0 Å². The molecule has 1 aliphatic heterocycles. The Balaban J connectivity index is 0.00000248. The third kappa shape index (κ3) is 47.9. The minimum absolute atomic E-state index is 0. The first-order valence-electron chi connectivity index (χ1n) is 40.5. The maximum absolute atomic E-state index is 12.9. The van der Waals surface area contributed by atoms with Gasteiger partial charge >= 0.3 is 16.5 Å². The molecule has 2 aromatic carbocycles. The van der Waals surface area contributed by atoms with Gasteiger partial charge in [-0.15, -0.1) is 0 Å². The van der Waals surface area contributed by atoms with Gasteiger partial charge in [0.1, 0.15) is 0 Å². The van der Waals surface area contributed by atoms with Crippen molar-refractivity contribution in [2.45, 2.75) is 428 Å². The van der Waals surface area contributed by atoms with Crippen LogP contribution in [0.3, 0.4) is 0 Å². The first-order chi connectivity index (χ1) is 44.3. The monoisotopic (exact) mass is 1300 g/mol. The molecule has 0 unspecified atom stereocenters. The fourth-order valence-electron chi connectivity index (χ4n) is 13.1. The van der Waals surface area contributed by atoms with E-state index in [2.05, 4.69) is 130 Å². The van der Waals surface area contributed by atoms with Gasteiger partial charge in [-0.25, -0.2) is 4.70 Å². The summed E-state index contributed by atoms with van der Waals surface area (Å²) in [6.45, 7) is 26.1. The van der Waals surface area contributed by atoms with Crippen molar-refractivity contribution in [3.63, 3.8) is 0 Å². The van der Waals surface area contributed by atoms with E-state index >= 15 is 0 Å². The SMILES string of the molecule is CCCCCCCC=Cc1cc(C=CCCCCCCC)cc(C2=C(CCCCC)C(CCCCCCCCCCCCCCC)=C(c3cc(CCCC)cc(CCCC)c3)[N+]2=[N-])c1.[CH2-]CCCCCCCCCCCC.[CH2-]CCCCCCCCCCCC.[Ni+2]. The standard InChI is InChI=1S/C62H100N2.2C13H27.Ni/c1-7-13-19-22-25-26-27-28-29-30-33-36-40-46-60-59(45-37-16-10-4)61(64(63)62(60)57-49-53(41-17-11-5)47-54(50-57)42-18-12-6)58-51-55(43-38-34-31-23-20-14-8-2)48-56(52-58)44-39-35-32-24-21-15-9-3;2*1-3-5-7-9-11-13-12-10-8-6-4-2;/h38-39,43-44,47-52H,7-37,40-42,45-46H2,1-6H3;2*1,3-13H2,2H3;/q;2*-1;+2. The van der Waals surface area contributed by atoms with Crippen LogP contribution in [0.5, 0.6) is 0 Å². The summed E-state index contributed by atoms with van der Waals surface area (Å²) in [7, 11) is 0. The van der Waals surface area contributed by atoms with Crippen LogP contribution in [0.15, 0.2) is 59.7 Å². The predicted molar refractivity (Wildman–Crippen MR) is 410 cm³/mol.